The average molecular weight is 597 g/mol. The molecule has 1 aliphatic rings. The number of amides is 2. The lowest BCUT2D eigenvalue weighted by Crippen LogP contribution is -2.22. The molecular weight excluding hydrogens is 564 g/mol. The summed E-state index contributed by atoms with van der Waals surface area (Å²) in [6.07, 6.45) is 9.76. The molecule has 0 spiro atoms. The van der Waals surface area contributed by atoms with Gasteiger partial charge in [-0.2, -0.15) is 10.1 Å². The fraction of sp³-hybridized carbons (Fsp3) is 0.323. The summed E-state index contributed by atoms with van der Waals surface area (Å²) >= 11 is 0. The number of aryl methyl sites for hydroxylation is 1. The highest BCUT2D eigenvalue weighted by Gasteiger charge is 2.25. The zero-order valence-electron chi connectivity index (χ0n) is 24.2. The molecule has 0 aliphatic heterocycles. The molecule has 0 atom stereocenters. The van der Waals surface area contributed by atoms with Gasteiger partial charge in [0.15, 0.2) is 5.65 Å². The Morgan fingerprint density at radius 1 is 1.02 bits per heavy atom. The van der Waals surface area contributed by atoms with E-state index in [0.29, 0.717) is 53.3 Å². The van der Waals surface area contributed by atoms with Crippen LogP contribution in [0, 0.1) is 6.92 Å². The third-order valence-electron chi connectivity index (χ3n) is 7.39. The number of fused-ring (bicyclic) bond motifs is 1. The molecule has 1 aliphatic carbocycles. The van der Waals surface area contributed by atoms with Gasteiger partial charge in [-0.15, -0.1) is 0 Å². The summed E-state index contributed by atoms with van der Waals surface area (Å²) in [5.74, 6) is 0.656. The SMILES string of the molecule is Cc1cc(NC(=O)Nc2cnc3ccnn3c2C2CCCC2)cnc1-c1noc(CCOCCOC(=O)c2ccccc2)n1. The van der Waals surface area contributed by atoms with Gasteiger partial charge in [0, 0.05) is 12.0 Å². The number of esters is 1. The van der Waals surface area contributed by atoms with Crippen LogP contribution < -0.4 is 10.6 Å². The summed E-state index contributed by atoms with van der Waals surface area (Å²) in [6.45, 7) is 2.57. The molecule has 0 radical (unpaired) electrons. The number of hydrogen-bond donors (Lipinski definition) is 2. The average Bonchev–Trinajstić information content (AvgIpc) is 3.82. The van der Waals surface area contributed by atoms with Crippen LogP contribution in [0.25, 0.3) is 17.2 Å². The minimum atomic E-state index is -0.400. The van der Waals surface area contributed by atoms with Crippen molar-refractivity contribution in [3.05, 3.63) is 83.8 Å². The molecule has 4 aromatic heterocycles. The predicted molar refractivity (Wildman–Crippen MR) is 160 cm³/mol. The van der Waals surface area contributed by atoms with Gasteiger partial charge < -0.3 is 24.6 Å². The second-order valence-electron chi connectivity index (χ2n) is 10.5. The lowest BCUT2D eigenvalue weighted by Gasteiger charge is -2.17. The Hall–Kier alpha value is -5.17. The summed E-state index contributed by atoms with van der Waals surface area (Å²) in [7, 11) is 0. The zero-order chi connectivity index (χ0) is 30.3. The topological polar surface area (TPSA) is 159 Å². The van der Waals surface area contributed by atoms with Gasteiger partial charge in [0.25, 0.3) is 0 Å². The maximum absolute atomic E-state index is 13.0. The van der Waals surface area contributed by atoms with Crippen LogP contribution in [0.5, 0.6) is 0 Å². The molecule has 0 unspecified atom stereocenters. The lowest BCUT2D eigenvalue weighted by molar-refractivity contribution is 0.0315. The molecule has 4 heterocycles. The highest BCUT2D eigenvalue weighted by Crippen LogP contribution is 2.37. The first-order valence-corrected chi connectivity index (χ1v) is 14.6. The summed E-state index contributed by atoms with van der Waals surface area (Å²) in [5.41, 5.74) is 4.69. The maximum Gasteiger partial charge on any atom is 0.338 e. The van der Waals surface area contributed by atoms with Crippen LogP contribution in [0.15, 0.2) is 65.6 Å². The molecule has 226 valence electrons. The summed E-state index contributed by atoms with van der Waals surface area (Å²) < 4.78 is 17.9. The number of nitrogens with zero attached hydrogens (tertiary/aromatic N) is 6. The van der Waals surface area contributed by atoms with E-state index in [-0.39, 0.29) is 13.2 Å². The predicted octanol–water partition coefficient (Wildman–Crippen LogP) is 5.20. The second-order valence-corrected chi connectivity index (χ2v) is 10.5. The maximum atomic E-state index is 13.0. The molecule has 1 aromatic carbocycles. The smallest absolute Gasteiger partial charge is 0.338 e. The number of nitrogens with one attached hydrogen (secondary N) is 2. The van der Waals surface area contributed by atoms with Gasteiger partial charge in [0.2, 0.25) is 11.7 Å². The number of anilines is 2. The number of carbonyl (C=O) groups is 2. The number of hydrogen-bond acceptors (Lipinski definition) is 10. The van der Waals surface area contributed by atoms with Crippen LogP contribution in [-0.4, -0.2) is 61.5 Å². The van der Waals surface area contributed by atoms with Gasteiger partial charge in [-0.25, -0.2) is 19.1 Å². The van der Waals surface area contributed by atoms with Crippen molar-refractivity contribution >= 4 is 29.0 Å². The van der Waals surface area contributed by atoms with Crippen molar-refractivity contribution in [2.75, 3.05) is 30.5 Å². The van der Waals surface area contributed by atoms with Crippen molar-refractivity contribution in [3.63, 3.8) is 0 Å². The van der Waals surface area contributed by atoms with Crippen molar-refractivity contribution in [2.24, 2.45) is 0 Å². The van der Waals surface area contributed by atoms with Crippen molar-refractivity contribution in [3.8, 4) is 11.5 Å². The molecule has 13 nitrogen and oxygen atoms in total. The number of aromatic nitrogens is 6. The van der Waals surface area contributed by atoms with Crippen molar-refractivity contribution in [1.29, 1.82) is 0 Å². The van der Waals surface area contributed by atoms with Crippen molar-refractivity contribution in [2.45, 2.75) is 44.9 Å². The van der Waals surface area contributed by atoms with Gasteiger partial charge >= 0.3 is 12.0 Å². The Kier molecular flexibility index (Phi) is 8.82. The van der Waals surface area contributed by atoms with Crippen LogP contribution in [-0.2, 0) is 15.9 Å². The number of pyridine rings is 1. The second kappa shape index (κ2) is 13.4. The highest BCUT2D eigenvalue weighted by atomic mass is 16.6. The van der Waals surface area contributed by atoms with E-state index in [1.54, 1.807) is 48.9 Å². The number of carbonyl (C=O) groups excluding carboxylic acids is 2. The van der Waals surface area contributed by atoms with E-state index in [9.17, 15) is 9.59 Å². The van der Waals surface area contributed by atoms with E-state index in [4.69, 9.17) is 14.0 Å². The van der Waals surface area contributed by atoms with Gasteiger partial charge in [0.05, 0.1) is 60.9 Å². The molecule has 44 heavy (non-hydrogen) atoms. The minimum absolute atomic E-state index is 0.141. The third-order valence-corrected chi connectivity index (χ3v) is 7.39. The largest absolute Gasteiger partial charge is 0.460 e. The van der Waals surface area contributed by atoms with E-state index in [0.717, 1.165) is 42.6 Å². The minimum Gasteiger partial charge on any atom is -0.460 e. The fourth-order valence-electron chi connectivity index (χ4n) is 5.31. The van der Waals surface area contributed by atoms with E-state index >= 15 is 0 Å². The molecular formula is C31H32N8O5. The Labute approximate surface area is 253 Å². The van der Waals surface area contributed by atoms with Gasteiger partial charge in [0.1, 0.15) is 12.3 Å². The summed E-state index contributed by atoms with van der Waals surface area (Å²) in [5, 5.41) is 14.3. The monoisotopic (exact) mass is 596 g/mol. The van der Waals surface area contributed by atoms with Gasteiger partial charge in [-0.3, -0.25) is 4.98 Å². The molecule has 0 saturated heterocycles. The Morgan fingerprint density at radius 2 is 1.86 bits per heavy atom. The lowest BCUT2D eigenvalue weighted by atomic mass is 10.0. The molecule has 13 heteroatoms. The molecule has 5 aromatic rings. The summed E-state index contributed by atoms with van der Waals surface area (Å²) in [4.78, 5) is 38.3. The first-order chi connectivity index (χ1) is 21.5. The van der Waals surface area contributed by atoms with E-state index in [1.807, 2.05) is 23.6 Å². The quantitative estimate of drug-likeness (QED) is 0.153. The number of ether oxygens (including phenoxy) is 2. The number of urea groups is 1. The van der Waals surface area contributed by atoms with E-state index in [1.165, 1.54) is 0 Å². The van der Waals surface area contributed by atoms with Gasteiger partial charge in [-0.1, -0.05) is 36.2 Å². The first-order valence-electron chi connectivity index (χ1n) is 14.6. The van der Waals surface area contributed by atoms with Crippen LogP contribution in [0.1, 0.15) is 59.1 Å². The van der Waals surface area contributed by atoms with Gasteiger partial charge in [-0.05, 0) is 43.5 Å². The normalized spacial score (nSPS) is 13.3. The zero-order valence-corrected chi connectivity index (χ0v) is 24.2. The third kappa shape index (κ3) is 6.73. The van der Waals surface area contributed by atoms with Crippen molar-refractivity contribution < 1.29 is 23.6 Å². The Bertz CT molecular complexity index is 1750. The highest BCUT2D eigenvalue weighted by molar-refractivity contribution is 6.00. The standard InChI is InChI=1S/C31H32N8O5/c1-20-17-23(35-31(41)36-24-19-32-25-11-13-34-39(25)28(24)21-7-5-6-8-21)18-33-27(20)29-37-26(44-38-29)12-14-42-15-16-43-30(40)22-9-3-2-4-10-22/h2-4,9-11,13,17-19,21H,5-8,12,14-16H2,1H3,(H2,35,36,41). The number of benzene rings is 1. The molecule has 1 fully saturated rings. The Morgan fingerprint density at radius 3 is 2.68 bits per heavy atom. The Balaban J connectivity index is 1.00. The molecule has 1 saturated carbocycles. The molecule has 6 rings (SSSR count). The van der Waals surface area contributed by atoms with Crippen LogP contribution >= 0.6 is 0 Å². The van der Waals surface area contributed by atoms with Crippen LogP contribution in [0.3, 0.4) is 0 Å². The first kappa shape index (κ1) is 28.9. The fourth-order valence-corrected chi connectivity index (χ4v) is 5.31. The summed E-state index contributed by atoms with van der Waals surface area (Å²) in [6, 6.07) is 12.0. The van der Waals surface area contributed by atoms with E-state index in [2.05, 4.69) is 35.8 Å². The van der Waals surface area contributed by atoms with Crippen LogP contribution in [0.2, 0.25) is 0 Å². The molecule has 0 bridgehead atoms. The van der Waals surface area contributed by atoms with Crippen molar-refractivity contribution in [1.82, 2.24) is 29.7 Å². The number of rotatable bonds is 11. The molecule has 2 amide bonds. The molecule has 2 N–H and O–H groups in total. The van der Waals surface area contributed by atoms with E-state index < -0.39 is 12.0 Å². The van der Waals surface area contributed by atoms with Crippen LogP contribution in [0.4, 0.5) is 16.2 Å².